The SMILES string of the molecule is COC(=O)CCC(=O)Nc1cccc(C(=O)c2ccc(Cl)cc2)c1. The molecule has 2 aromatic carbocycles. The molecule has 5 nitrogen and oxygen atoms in total. The van der Waals surface area contributed by atoms with Gasteiger partial charge in [0, 0.05) is 28.3 Å². The Morgan fingerprint density at radius 3 is 2.38 bits per heavy atom. The van der Waals surface area contributed by atoms with Crippen molar-refractivity contribution in [3.05, 3.63) is 64.7 Å². The van der Waals surface area contributed by atoms with E-state index >= 15 is 0 Å². The molecular formula is C18H16ClNO4. The minimum absolute atomic E-state index is 0.00568. The third kappa shape index (κ3) is 4.93. The highest BCUT2D eigenvalue weighted by atomic mass is 35.5. The van der Waals surface area contributed by atoms with E-state index in [0.717, 1.165) is 0 Å². The number of rotatable bonds is 6. The van der Waals surface area contributed by atoms with Crippen LogP contribution in [0.1, 0.15) is 28.8 Å². The maximum Gasteiger partial charge on any atom is 0.306 e. The van der Waals surface area contributed by atoms with Gasteiger partial charge in [0.05, 0.1) is 13.5 Å². The fraction of sp³-hybridized carbons (Fsp3) is 0.167. The quantitative estimate of drug-likeness (QED) is 0.642. The molecule has 0 heterocycles. The van der Waals surface area contributed by atoms with Crippen LogP contribution in [-0.4, -0.2) is 24.8 Å². The number of benzene rings is 2. The summed E-state index contributed by atoms with van der Waals surface area (Å²) in [5, 5.41) is 3.21. The minimum Gasteiger partial charge on any atom is -0.469 e. The van der Waals surface area contributed by atoms with Gasteiger partial charge in [0.25, 0.3) is 0 Å². The summed E-state index contributed by atoms with van der Waals surface area (Å²) in [6.07, 6.45) is 0.0216. The minimum atomic E-state index is -0.447. The summed E-state index contributed by atoms with van der Waals surface area (Å²) < 4.78 is 4.49. The van der Waals surface area contributed by atoms with Crippen LogP contribution in [0, 0.1) is 0 Å². The van der Waals surface area contributed by atoms with E-state index in [1.807, 2.05) is 0 Å². The van der Waals surface area contributed by atoms with Gasteiger partial charge in [0.15, 0.2) is 5.78 Å². The molecule has 1 N–H and O–H groups in total. The average molecular weight is 346 g/mol. The number of ketones is 1. The van der Waals surface area contributed by atoms with Crippen LogP contribution in [-0.2, 0) is 14.3 Å². The van der Waals surface area contributed by atoms with Crippen molar-refractivity contribution in [1.82, 2.24) is 0 Å². The van der Waals surface area contributed by atoms with Gasteiger partial charge in [-0.3, -0.25) is 14.4 Å². The molecule has 0 bridgehead atoms. The summed E-state index contributed by atoms with van der Waals surface area (Å²) in [4.78, 5) is 35.3. The number of ether oxygens (including phenoxy) is 1. The summed E-state index contributed by atoms with van der Waals surface area (Å²) in [6, 6.07) is 13.2. The van der Waals surface area contributed by atoms with E-state index in [1.54, 1.807) is 48.5 Å². The van der Waals surface area contributed by atoms with Crippen LogP contribution in [0.2, 0.25) is 5.02 Å². The number of halogens is 1. The Hall–Kier alpha value is -2.66. The Labute approximate surface area is 144 Å². The molecule has 0 fully saturated rings. The summed E-state index contributed by atoms with van der Waals surface area (Å²) in [7, 11) is 1.27. The number of carbonyl (C=O) groups excluding carboxylic acids is 3. The van der Waals surface area contributed by atoms with Gasteiger partial charge in [0.2, 0.25) is 5.91 Å². The van der Waals surface area contributed by atoms with E-state index in [-0.39, 0.29) is 24.5 Å². The standard InChI is InChI=1S/C18H16ClNO4/c1-24-17(22)10-9-16(21)20-15-4-2-3-13(11-15)18(23)12-5-7-14(19)8-6-12/h2-8,11H,9-10H2,1H3,(H,20,21). The monoisotopic (exact) mass is 345 g/mol. The lowest BCUT2D eigenvalue weighted by molar-refractivity contribution is -0.141. The van der Waals surface area contributed by atoms with Gasteiger partial charge < -0.3 is 10.1 Å². The van der Waals surface area contributed by atoms with E-state index in [9.17, 15) is 14.4 Å². The fourth-order valence-electron chi connectivity index (χ4n) is 2.05. The van der Waals surface area contributed by atoms with Crippen LogP contribution in [0.15, 0.2) is 48.5 Å². The van der Waals surface area contributed by atoms with Gasteiger partial charge in [-0.2, -0.15) is 0 Å². The van der Waals surface area contributed by atoms with E-state index in [1.165, 1.54) is 7.11 Å². The zero-order valence-electron chi connectivity index (χ0n) is 13.0. The van der Waals surface area contributed by atoms with Crippen LogP contribution in [0.25, 0.3) is 0 Å². The molecule has 124 valence electrons. The lowest BCUT2D eigenvalue weighted by atomic mass is 10.0. The highest BCUT2D eigenvalue weighted by Crippen LogP contribution is 2.17. The number of nitrogens with one attached hydrogen (secondary N) is 1. The summed E-state index contributed by atoms with van der Waals surface area (Å²) in [5.41, 5.74) is 1.45. The van der Waals surface area contributed by atoms with Crippen molar-refractivity contribution in [2.75, 3.05) is 12.4 Å². The summed E-state index contributed by atoms with van der Waals surface area (Å²) >= 11 is 5.82. The molecular weight excluding hydrogens is 330 g/mol. The molecule has 0 radical (unpaired) electrons. The van der Waals surface area contributed by atoms with Crippen molar-refractivity contribution >= 4 is 34.9 Å². The van der Waals surface area contributed by atoms with Crippen molar-refractivity contribution in [3.8, 4) is 0 Å². The van der Waals surface area contributed by atoms with Gasteiger partial charge in [0.1, 0.15) is 0 Å². The number of esters is 1. The highest BCUT2D eigenvalue weighted by Gasteiger charge is 2.11. The van der Waals surface area contributed by atoms with Gasteiger partial charge in [-0.05, 0) is 36.4 Å². The number of hydrogen-bond acceptors (Lipinski definition) is 4. The smallest absolute Gasteiger partial charge is 0.306 e. The van der Waals surface area contributed by atoms with Crippen molar-refractivity contribution in [1.29, 1.82) is 0 Å². The first-order valence-electron chi connectivity index (χ1n) is 7.26. The molecule has 1 amide bonds. The Morgan fingerprint density at radius 2 is 1.71 bits per heavy atom. The lowest BCUT2D eigenvalue weighted by Gasteiger charge is -2.07. The second-order valence-corrected chi connectivity index (χ2v) is 5.48. The number of anilines is 1. The van der Waals surface area contributed by atoms with Gasteiger partial charge in [-0.25, -0.2) is 0 Å². The van der Waals surface area contributed by atoms with Crippen LogP contribution < -0.4 is 5.32 Å². The van der Waals surface area contributed by atoms with Crippen molar-refractivity contribution < 1.29 is 19.1 Å². The zero-order valence-corrected chi connectivity index (χ0v) is 13.8. The normalized spacial score (nSPS) is 10.1. The first-order chi connectivity index (χ1) is 11.5. The first-order valence-corrected chi connectivity index (χ1v) is 7.64. The Bertz CT molecular complexity index is 756. The molecule has 0 aromatic heterocycles. The molecule has 2 aromatic rings. The molecule has 6 heteroatoms. The molecule has 0 saturated carbocycles. The second-order valence-electron chi connectivity index (χ2n) is 5.04. The Morgan fingerprint density at radius 1 is 1.00 bits per heavy atom. The molecule has 0 aliphatic carbocycles. The van der Waals surface area contributed by atoms with E-state index < -0.39 is 5.97 Å². The molecule has 2 rings (SSSR count). The zero-order chi connectivity index (χ0) is 17.5. The van der Waals surface area contributed by atoms with Gasteiger partial charge >= 0.3 is 5.97 Å². The third-order valence-electron chi connectivity index (χ3n) is 3.30. The van der Waals surface area contributed by atoms with Crippen molar-refractivity contribution in [2.24, 2.45) is 0 Å². The predicted octanol–water partition coefficient (Wildman–Crippen LogP) is 3.46. The van der Waals surface area contributed by atoms with Crippen LogP contribution in [0.3, 0.4) is 0 Å². The van der Waals surface area contributed by atoms with Gasteiger partial charge in [-0.15, -0.1) is 0 Å². The topological polar surface area (TPSA) is 72.5 Å². The summed E-state index contributed by atoms with van der Waals surface area (Å²) in [5.74, 6) is -0.939. The average Bonchev–Trinajstić information content (AvgIpc) is 2.60. The first kappa shape index (κ1) is 17.7. The van der Waals surface area contributed by atoms with Crippen LogP contribution >= 0.6 is 11.6 Å². The summed E-state index contributed by atoms with van der Waals surface area (Å²) in [6.45, 7) is 0. The molecule has 24 heavy (non-hydrogen) atoms. The molecule has 0 saturated heterocycles. The van der Waals surface area contributed by atoms with Crippen LogP contribution in [0.4, 0.5) is 5.69 Å². The fourth-order valence-corrected chi connectivity index (χ4v) is 2.17. The predicted molar refractivity (Wildman–Crippen MR) is 91.2 cm³/mol. The number of amides is 1. The maximum absolute atomic E-state index is 12.4. The number of hydrogen-bond donors (Lipinski definition) is 1. The molecule has 0 atom stereocenters. The number of carbonyl (C=O) groups is 3. The van der Waals surface area contributed by atoms with Crippen molar-refractivity contribution in [2.45, 2.75) is 12.8 Å². The van der Waals surface area contributed by atoms with E-state index in [2.05, 4.69) is 10.1 Å². The van der Waals surface area contributed by atoms with Crippen molar-refractivity contribution in [3.63, 3.8) is 0 Å². The maximum atomic E-state index is 12.4. The lowest BCUT2D eigenvalue weighted by Crippen LogP contribution is -2.14. The van der Waals surface area contributed by atoms with E-state index in [4.69, 9.17) is 11.6 Å². The molecule has 0 spiro atoms. The Balaban J connectivity index is 2.05. The molecule has 0 aliphatic rings. The largest absolute Gasteiger partial charge is 0.469 e. The Kier molecular flexibility index (Phi) is 6.09. The number of methoxy groups -OCH3 is 1. The van der Waals surface area contributed by atoms with E-state index in [0.29, 0.717) is 21.8 Å². The molecule has 0 aliphatic heterocycles. The van der Waals surface area contributed by atoms with Crippen LogP contribution in [0.5, 0.6) is 0 Å². The highest BCUT2D eigenvalue weighted by molar-refractivity contribution is 6.30. The third-order valence-corrected chi connectivity index (χ3v) is 3.55. The molecule has 0 unspecified atom stereocenters. The van der Waals surface area contributed by atoms with Gasteiger partial charge in [-0.1, -0.05) is 23.7 Å². The second kappa shape index (κ2) is 8.26.